The lowest BCUT2D eigenvalue weighted by Crippen LogP contribution is -2.64. The second-order valence-corrected chi connectivity index (χ2v) is 15.8. The van der Waals surface area contributed by atoms with Gasteiger partial charge in [0.1, 0.15) is 6.10 Å². The molecule has 3 aliphatic carbocycles. The number of ether oxygens (including phenoxy) is 2. The molecule has 1 heterocycles. The van der Waals surface area contributed by atoms with Crippen molar-refractivity contribution in [2.24, 2.45) is 45.0 Å². The molecule has 10 atom stereocenters. The summed E-state index contributed by atoms with van der Waals surface area (Å²) in [6.45, 7) is 11.5. The van der Waals surface area contributed by atoms with E-state index >= 15 is 8.78 Å². The van der Waals surface area contributed by atoms with Crippen LogP contribution in [0.5, 0.6) is 5.75 Å². The lowest BCUT2D eigenvalue weighted by Gasteiger charge is -2.63. The fourth-order valence-corrected chi connectivity index (χ4v) is 9.92. The number of nitrogens with zero attached hydrogens (tertiary/aromatic N) is 2. The third-order valence-electron chi connectivity index (χ3n) is 11.8. The summed E-state index contributed by atoms with van der Waals surface area (Å²) in [7, 11) is -6.16. The average molecular weight is 665 g/mol. The summed E-state index contributed by atoms with van der Waals surface area (Å²) in [6.07, 6.45) is -0.259. The van der Waals surface area contributed by atoms with Crippen molar-refractivity contribution in [3.05, 3.63) is 36.2 Å². The summed E-state index contributed by atoms with van der Waals surface area (Å²) >= 11 is 0. The number of rotatable bonds is 8. The highest BCUT2D eigenvalue weighted by Gasteiger charge is 2.71. The zero-order chi connectivity index (χ0) is 34.1. The molecule has 0 spiro atoms. The third kappa shape index (κ3) is 4.87. The number of sulfonamides is 1. The van der Waals surface area contributed by atoms with Crippen LogP contribution in [0.15, 0.2) is 29.9 Å². The first-order valence-electron chi connectivity index (χ1n) is 15.2. The molecule has 15 heteroatoms. The number of ketones is 1. The number of hydrogen-bond acceptors (Lipinski definition) is 9. The number of carbonyl (C=O) groups excluding carboxylic acids is 2. The lowest BCUT2D eigenvalue weighted by atomic mass is 9.41. The topological polar surface area (TPSA) is 160 Å². The smallest absolute Gasteiger partial charge is 0.478 e. The number of hydrazone groups is 1. The van der Waals surface area contributed by atoms with Crippen LogP contribution in [0.25, 0.3) is 0 Å². The van der Waals surface area contributed by atoms with E-state index in [-0.39, 0.29) is 24.3 Å². The van der Waals surface area contributed by atoms with Crippen molar-refractivity contribution >= 4 is 47.0 Å². The maximum absolute atomic E-state index is 16.1. The van der Waals surface area contributed by atoms with Gasteiger partial charge in [0.2, 0.25) is 10.0 Å². The molecule has 3 fully saturated rings. The molecule has 2 N–H and O–H groups in total. The van der Waals surface area contributed by atoms with Crippen molar-refractivity contribution in [1.29, 1.82) is 0 Å². The molecule has 0 radical (unpaired) electrons. The van der Waals surface area contributed by atoms with Gasteiger partial charge in [0, 0.05) is 28.6 Å². The van der Waals surface area contributed by atoms with E-state index in [2.05, 4.69) is 11.7 Å². The van der Waals surface area contributed by atoms with Crippen LogP contribution in [0.2, 0.25) is 0 Å². The molecule has 0 saturated heterocycles. The highest BCUT2D eigenvalue weighted by atomic mass is 32.2. The van der Waals surface area contributed by atoms with Crippen molar-refractivity contribution in [2.75, 3.05) is 6.26 Å². The van der Waals surface area contributed by atoms with E-state index in [0.717, 1.165) is 18.5 Å². The van der Waals surface area contributed by atoms with Crippen molar-refractivity contribution in [3.63, 3.8) is 0 Å². The Kier molecular flexibility index (Phi) is 8.45. The van der Waals surface area contributed by atoms with Crippen LogP contribution < -0.4 is 10.2 Å². The Morgan fingerprint density at radius 2 is 1.96 bits per heavy atom. The van der Waals surface area contributed by atoms with Gasteiger partial charge in [-0.1, -0.05) is 33.8 Å². The van der Waals surface area contributed by atoms with Crippen molar-refractivity contribution in [3.8, 4) is 5.75 Å². The standard InChI is InChI=1S/C31H39BF2N2O9S/c1-7-29(4)12-19(30(5)16(2)10-11-31(17(3)27(29)44-15-37)13-20(33)24(38)26(30)31)25(28(39)40)45-21-9-8-18-14-35-36(46(6,42)43)32(41)22(18)23(21)34/h7-9,14-17,19-20,25-27,41H,1,10-13H2,2-6H3,(H,39,40)/t16-,17+,19+,20+,25?,26+,27+,29-,30-,31+/m1/s1. The fraction of sp³-hybridized carbons (Fsp3) is 0.613. The van der Waals surface area contributed by atoms with E-state index in [1.54, 1.807) is 19.9 Å². The number of Topliss-reactive ketones (excluding diaryl/α,β-unsaturated/α-hetero) is 1. The summed E-state index contributed by atoms with van der Waals surface area (Å²) in [6, 6.07) is 2.47. The van der Waals surface area contributed by atoms with Crippen LogP contribution in [0.3, 0.4) is 0 Å². The summed E-state index contributed by atoms with van der Waals surface area (Å²) in [5.74, 6) is -6.70. The minimum absolute atomic E-state index is 0.0301. The zero-order valence-electron chi connectivity index (χ0n) is 26.4. The Labute approximate surface area is 267 Å². The number of carboxylic acids is 1. The molecule has 1 aliphatic heterocycles. The van der Waals surface area contributed by atoms with Crippen molar-refractivity contribution in [2.45, 2.75) is 71.8 Å². The average Bonchev–Trinajstić information content (AvgIpc) is 3.25. The second-order valence-electron chi connectivity index (χ2n) is 13.9. The number of halogens is 2. The highest BCUT2D eigenvalue weighted by molar-refractivity contribution is 7.89. The first-order chi connectivity index (χ1) is 21.4. The number of fused-ring (bicyclic) bond motifs is 1. The lowest BCUT2D eigenvalue weighted by molar-refractivity contribution is -0.199. The maximum atomic E-state index is 16.1. The Balaban J connectivity index is 1.69. The first kappa shape index (κ1) is 34.0. The Morgan fingerprint density at radius 1 is 1.28 bits per heavy atom. The molecule has 0 aromatic heterocycles. The summed E-state index contributed by atoms with van der Waals surface area (Å²) in [5, 5.41) is 25.2. The molecule has 1 aromatic rings. The maximum Gasteiger partial charge on any atom is 0.487 e. The largest absolute Gasteiger partial charge is 0.487 e. The predicted molar refractivity (Wildman–Crippen MR) is 164 cm³/mol. The normalized spacial score (nSPS) is 37.8. The van der Waals surface area contributed by atoms with Crippen molar-refractivity contribution in [1.82, 2.24) is 4.33 Å². The summed E-state index contributed by atoms with van der Waals surface area (Å²) in [4.78, 5) is 38.8. The van der Waals surface area contributed by atoms with Crippen LogP contribution in [0.4, 0.5) is 8.78 Å². The molecule has 5 rings (SSSR count). The van der Waals surface area contributed by atoms with Crippen LogP contribution in [0.1, 0.15) is 58.9 Å². The first-order valence-corrected chi connectivity index (χ1v) is 17.1. The number of alkyl halides is 1. The number of aliphatic carboxylic acids is 1. The molecule has 0 amide bonds. The number of benzene rings is 1. The van der Waals surface area contributed by atoms with Crippen LogP contribution >= 0.6 is 0 Å². The zero-order valence-corrected chi connectivity index (χ0v) is 27.2. The molecule has 2 bridgehead atoms. The molecular weight excluding hydrogens is 625 g/mol. The molecule has 1 aromatic carbocycles. The van der Waals surface area contributed by atoms with Gasteiger partial charge in [-0.2, -0.15) is 5.10 Å². The number of carbonyl (C=O) groups is 3. The van der Waals surface area contributed by atoms with Gasteiger partial charge in [-0.3, -0.25) is 9.59 Å². The third-order valence-corrected chi connectivity index (χ3v) is 12.7. The highest BCUT2D eigenvalue weighted by Crippen LogP contribution is 2.70. The van der Waals surface area contributed by atoms with Crippen molar-refractivity contribution < 1.29 is 51.2 Å². The van der Waals surface area contributed by atoms with Gasteiger partial charge in [-0.15, -0.1) is 6.58 Å². The van der Waals surface area contributed by atoms with Gasteiger partial charge in [0.25, 0.3) is 6.47 Å². The minimum Gasteiger partial charge on any atom is -0.478 e. The van der Waals surface area contributed by atoms with E-state index in [0.29, 0.717) is 23.6 Å². The molecular formula is C31H39BF2N2O9S. The quantitative estimate of drug-likeness (QED) is 0.242. The van der Waals surface area contributed by atoms with Gasteiger partial charge < -0.3 is 19.6 Å². The molecule has 11 nitrogen and oxygen atoms in total. The molecule has 3 saturated carbocycles. The molecule has 1 unspecified atom stereocenters. The van der Waals surface area contributed by atoms with E-state index in [1.807, 2.05) is 13.8 Å². The van der Waals surface area contributed by atoms with Gasteiger partial charge >= 0.3 is 13.0 Å². The summed E-state index contributed by atoms with van der Waals surface area (Å²) < 4.78 is 68.1. The van der Waals surface area contributed by atoms with Crippen LogP contribution in [-0.2, 0) is 29.1 Å². The Hall–Kier alpha value is -3.33. The van der Waals surface area contributed by atoms with Gasteiger partial charge in [0.05, 0.1) is 12.5 Å². The summed E-state index contributed by atoms with van der Waals surface area (Å²) in [5.41, 5.74) is -3.64. The fourth-order valence-electron chi connectivity index (χ4n) is 9.23. The number of carboxylic acid groups (broad SMARTS) is 1. The molecule has 46 heavy (non-hydrogen) atoms. The van der Waals surface area contributed by atoms with Crippen LogP contribution in [0, 0.1) is 45.7 Å². The SMILES string of the molecule is C=C[C@]1(C)C[C@@H](C(Oc2ccc3c(c2F)B(O)N(S(C)(=O)=O)N=C3)C(=O)O)[C@@]2(C)[C@H](C)CC[C@]3(C[C@H](F)C(=O)[C@H]32)[C@@H](C)[C@@H]1OC=O. The second kappa shape index (κ2) is 11.4. The van der Waals surface area contributed by atoms with Gasteiger partial charge in [0.15, 0.2) is 29.6 Å². The minimum atomic E-state index is -4.11. The van der Waals surface area contributed by atoms with Crippen LogP contribution in [-0.4, -0.2) is 79.0 Å². The van der Waals surface area contributed by atoms with E-state index < -0.39 is 98.2 Å². The van der Waals surface area contributed by atoms with Gasteiger partial charge in [-0.25, -0.2) is 26.3 Å². The van der Waals surface area contributed by atoms with E-state index in [1.165, 1.54) is 6.07 Å². The number of hydrogen-bond donors (Lipinski definition) is 2. The predicted octanol–water partition coefficient (Wildman–Crippen LogP) is 2.69. The van der Waals surface area contributed by atoms with E-state index in [9.17, 15) is 32.9 Å². The van der Waals surface area contributed by atoms with E-state index in [4.69, 9.17) is 9.47 Å². The monoisotopic (exact) mass is 664 g/mol. The Bertz CT molecular complexity index is 1610. The molecule has 4 aliphatic rings. The molecule has 250 valence electrons. The van der Waals surface area contributed by atoms with Gasteiger partial charge in [-0.05, 0) is 60.1 Å². The Morgan fingerprint density at radius 3 is 2.54 bits per heavy atom.